The standard InChI is InChI=1S/C14H23BrN2O3SSi/c1-22(2,3)5-4-9-6-12(20-11(9)8-21)17-7-10(15)13(18)16-14(17)19/h7,9,11-12,21H,4-6,8H2,1-3H3,(H,16,18,19)/t9-,11+,12+/m0/s1. The molecule has 5 nitrogen and oxygen atoms in total. The molecule has 1 aromatic rings. The zero-order valence-corrected chi connectivity index (χ0v) is 16.6. The van der Waals surface area contributed by atoms with Crippen LogP contribution >= 0.6 is 28.6 Å². The van der Waals surface area contributed by atoms with E-state index in [1.54, 1.807) is 0 Å². The fourth-order valence-electron chi connectivity index (χ4n) is 2.75. The lowest BCUT2D eigenvalue weighted by atomic mass is 9.99. The molecule has 22 heavy (non-hydrogen) atoms. The van der Waals surface area contributed by atoms with Crippen LogP contribution in [0.25, 0.3) is 0 Å². The largest absolute Gasteiger partial charge is 0.353 e. The van der Waals surface area contributed by atoms with E-state index in [1.165, 1.54) is 16.8 Å². The molecule has 1 fully saturated rings. The van der Waals surface area contributed by atoms with Gasteiger partial charge in [0.25, 0.3) is 5.56 Å². The topological polar surface area (TPSA) is 64.1 Å². The molecule has 1 aliphatic heterocycles. The van der Waals surface area contributed by atoms with Crippen molar-refractivity contribution in [2.24, 2.45) is 5.92 Å². The van der Waals surface area contributed by atoms with Crippen molar-refractivity contribution < 1.29 is 4.74 Å². The van der Waals surface area contributed by atoms with Gasteiger partial charge in [-0.2, -0.15) is 12.6 Å². The van der Waals surface area contributed by atoms with Crippen molar-refractivity contribution in [2.45, 2.75) is 50.9 Å². The summed E-state index contributed by atoms with van der Waals surface area (Å²) in [6.45, 7) is 7.08. The van der Waals surface area contributed by atoms with E-state index in [0.29, 0.717) is 16.1 Å². The molecule has 0 saturated carbocycles. The molecule has 0 aliphatic carbocycles. The Kier molecular flexibility index (Phi) is 5.79. The van der Waals surface area contributed by atoms with Crippen molar-refractivity contribution in [3.8, 4) is 0 Å². The molecule has 0 unspecified atom stereocenters. The van der Waals surface area contributed by atoms with E-state index in [2.05, 4.69) is 53.2 Å². The molecule has 0 bridgehead atoms. The average Bonchev–Trinajstić information content (AvgIpc) is 2.83. The van der Waals surface area contributed by atoms with Gasteiger partial charge in [0, 0.05) is 20.0 Å². The highest BCUT2D eigenvalue weighted by Crippen LogP contribution is 2.37. The van der Waals surface area contributed by atoms with Gasteiger partial charge in [0.1, 0.15) is 6.23 Å². The van der Waals surface area contributed by atoms with Gasteiger partial charge in [-0.3, -0.25) is 14.3 Å². The number of H-pyrrole nitrogens is 1. The fourth-order valence-corrected chi connectivity index (χ4v) is 4.69. The Bertz CT molecular complexity index is 640. The lowest BCUT2D eigenvalue weighted by Gasteiger charge is -2.21. The van der Waals surface area contributed by atoms with Crippen LogP contribution in [0, 0.1) is 5.92 Å². The summed E-state index contributed by atoms with van der Waals surface area (Å²) in [6.07, 6.45) is 3.14. The number of nitrogens with zero attached hydrogens (tertiary/aromatic N) is 1. The third-order valence-corrected chi connectivity index (χ3v) is 6.76. The molecule has 1 N–H and O–H groups in total. The second-order valence-corrected chi connectivity index (χ2v) is 13.9. The van der Waals surface area contributed by atoms with E-state index in [0.717, 1.165) is 12.8 Å². The number of rotatable bonds is 5. The number of hydrogen-bond acceptors (Lipinski definition) is 4. The smallest absolute Gasteiger partial charge is 0.330 e. The number of thiol groups is 1. The van der Waals surface area contributed by atoms with Crippen molar-refractivity contribution in [3.63, 3.8) is 0 Å². The van der Waals surface area contributed by atoms with Gasteiger partial charge in [-0.15, -0.1) is 0 Å². The Balaban J connectivity index is 2.16. The zero-order valence-electron chi connectivity index (χ0n) is 13.1. The van der Waals surface area contributed by atoms with Crippen molar-refractivity contribution in [1.82, 2.24) is 9.55 Å². The van der Waals surface area contributed by atoms with E-state index >= 15 is 0 Å². The Morgan fingerprint density at radius 2 is 2.14 bits per heavy atom. The molecular weight excluding hydrogens is 384 g/mol. The van der Waals surface area contributed by atoms with Crippen LogP contribution in [0.4, 0.5) is 0 Å². The van der Waals surface area contributed by atoms with E-state index in [9.17, 15) is 9.59 Å². The van der Waals surface area contributed by atoms with Crippen molar-refractivity contribution in [2.75, 3.05) is 5.75 Å². The van der Waals surface area contributed by atoms with Crippen molar-refractivity contribution in [1.29, 1.82) is 0 Å². The maximum atomic E-state index is 12.0. The van der Waals surface area contributed by atoms with Crippen LogP contribution in [-0.4, -0.2) is 29.5 Å². The normalized spacial score (nSPS) is 25.6. The summed E-state index contributed by atoms with van der Waals surface area (Å²) in [7, 11) is -1.10. The highest BCUT2D eigenvalue weighted by molar-refractivity contribution is 9.10. The second-order valence-electron chi connectivity index (χ2n) is 7.05. The molecule has 8 heteroatoms. The molecule has 3 atom stereocenters. The van der Waals surface area contributed by atoms with Crippen LogP contribution in [0.5, 0.6) is 0 Å². The third kappa shape index (κ3) is 4.36. The van der Waals surface area contributed by atoms with Crippen LogP contribution in [0.3, 0.4) is 0 Å². The third-order valence-electron chi connectivity index (χ3n) is 4.04. The maximum Gasteiger partial charge on any atom is 0.330 e. The van der Waals surface area contributed by atoms with Gasteiger partial charge in [-0.05, 0) is 28.3 Å². The predicted molar refractivity (Wildman–Crippen MR) is 97.7 cm³/mol. The van der Waals surface area contributed by atoms with Crippen molar-refractivity contribution in [3.05, 3.63) is 31.5 Å². The average molecular weight is 407 g/mol. The van der Waals surface area contributed by atoms with Gasteiger partial charge >= 0.3 is 5.69 Å². The Morgan fingerprint density at radius 1 is 1.45 bits per heavy atom. The first-order chi connectivity index (χ1) is 10.2. The summed E-state index contributed by atoms with van der Waals surface area (Å²) in [5.41, 5.74) is -0.845. The molecule has 1 aromatic heterocycles. The molecule has 0 aromatic carbocycles. The summed E-state index contributed by atoms with van der Waals surface area (Å²) in [5, 5.41) is 0. The summed E-state index contributed by atoms with van der Waals surface area (Å²) in [5.74, 6) is 1.05. The SMILES string of the molecule is C[Si](C)(C)CC[C@H]1C[C@H](n2cc(Br)c(=O)[nH]c2=O)O[C@@H]1CS. The first-order valence-electron chi connectivity index (χ1n) is 7.48. The Labute approximate surface area is 145 Å². The first-order valence-corrected chi connectivity index (χ1v) is 12.6. The molecular formula is C14H23BrN2O3SSi. The first kappa shape index (κ1) is 18.0. The second kappa shape index (κ2) is 7.07. The predicted octanol–water partition coefficient (Wildman–Crippen LogP) is 2.86. The molecule has 2 heterocycles. The lowest BCUT2D eigenvalue weighted by molar-refractivity contribution is 0.00423. The number of hydrogen-bond donors (Lipinski definition) is 2. The minimum atomic E-state index is -1.10. The van der Waals surface area contributed by atoms with E-state index in [1.807, 2.05) is 0 Å². The molecule has 2 rings (SSSR count). The van der Waals surface area contributed by atoms with E-state index in [4.69, 9.17) is 4.74 Å². The van der Waals surface area contributed by atoms with Crippen LogP contribution in [0.1, 0.15) is 19.1 Å². The van der Waals surface area contributed by atoms with Crippen molar-refractivity contribution >= 4 is 36.6 Å². The van der Waals surface area contributed by atoms with Crippen LogP contribution in [0.2, 0.25) is 25.7 Å². The number of aromatic amines is 1. The Hall–Kier alpha value is -0.313. The molecule has 1 saturated heterocycles. The summed E-state index contributed by atoms with van der Waals surface area (Å²) >= 11 is 7.55. The summed E-state index contributed by atoms with van der Waals surface area (Å²) < 4.78 is 7.81. The van der Waals surface area contributed by atoms with Gasteiger partial charge in [-0.1, -0.05) is 32.1 Å². The number of halogens is 1. The van der Waals surface area contributed by atoms with Gasteiger partial charge in [0.05, 0.1) is 10.6 Å². The quantitative estimate of drug-likeness (QED) is 0.583. The van der Waals surface area contributed by atoms with Crippen LogP contribution < -0.4 is 11.2 Å². The van der Waals surface area contributed by atoms with Gasteiger partial charge < -0.3 is 4.74 Å². The van der Waals surface area contributed by atoms with Crippen LogP contribution in [-0.2, 0) is 4.74 Å². The molecule has 0 radical (unpaired) electrons. The minimum Gasteiger partial charge on any atom is -0.353 e. The molecule has 0 spiro atoms. The molecule has 124 valence electrons. The highest BCUT2D eigenvalue weighted by Gasteiger charge is 2.36. The lowest BCUT2D eigenvalue weighted by Crippen LogP contribution is -2.32. The van der Waals surface area contributed by atoms with Gasteiger partial charge in [0.2, 0.25) is 0 Å². The number of nitrogens with one attached hydrogen (secondary N) is 1. The highest BCUT2D eigenvalue weighted by atomic mass is 79.9. The summed E-state index contributed by atoms with van der Waals surface area (Å²) in [6, 6.07) is 1.24. The number of aromatic nitrogens is 2. The van der Waals surface area contributed by atoms with E-state index in [-0.39, 0.29) is 12.3 Å². The zero-order chi connectivity index (χ0) is 16.5. The van der Waals surface area contributed by atoms with Crippen LogP contribution in [0.15, 0.2) is 20.3 Å². The van der Waals surface area contributed by atoms with E-state index < -0.39 is 19.3 Å². The monoisotopic (exact) mass is 406 g/mol. The van der Waals surface area contributed by atoms with Gasteiger partial charge in [-0.25, -0.2) is 4.79 Å². The Morgan fingerprint density at radius 3 is 2.73 bits per heavy atom. The minimum absolute atomic E-state index is 0.0577. The molecule has 1 aliphatic rings. The van der Waals surface area contributed by atoms with Gasteiger partial charge in [0.15, 0.2) is 0 Å². The fraction of sp³-hybridized carbons (Fsp3) is 0.714. The number of ether oxygens (including phenoxy) is 1. The summed E-state index contributed by atoms with van der Waals surface area (Å²) in [4.78, 5) is 25.7. The molecule has 0 amide bonds. The maximum absolute atomic E-state index is 12.0.